The van der Waals surface area contributed by atoms with E-state index in [1.165, 1.54) is 0 Å². The topological polar surface area (TPSA) is 29.5 Å². The van der Waals surface area contributed by atoms with Crippen LogP contribution in [0, 0.1) is 5.92 Å². The van der Waals surface area contributed by atoms with Crippen LogP contribution in [-0.2, 0) is 4.74 Å². The third-order valence-electron chi connectivity index (χ3n) is 2.93. The second-order valence-electron chi connectivity index (χ2n) is 4.35. The van der Waals surface area contributed by atoms with Crippen molar-refractivity contribution in [2.45, 2.75) is 36.2 Å². The molecule has 0 aromatic rings. The summed E-state index contributed by atoms with van der Waals surface area (Å²) in [6.07, 6.45) is 2.11. The van der Waals surface area contributed by atoms with Crippen LogP contribution in [-0.4, -0.2) is 27.8 Å². The van der Waals surface area contributed by atoms with E-state index < -0.39 is 5.60 Å². The predicted octanol–water partition coefficient (Wildman–Crippen LogP) is 2.54. The molecule has 1 saturated heterocycles. The van der Waals surface area contributed by atoms with E-state index in [1.807, 2.05) is 13.8 Å². The van der Waals surface area contributed by atoms with E-state index in [0.717, 1.165) is 25.0 Å². The van der Waals surface area contributed by atoms with Crippen LogP contribution in [0.4, 0.5) is 0 Å². The molecule has 14 heavy (non-hydrogen) atoms. The van der Waals surface area contributed by atoms with Gasteiger partial charge < -0.3 is 9.84 Å². The van der Waals surface area contributed by atoms with Crippen LogP contribution in [0.2, 0.25) is 0 Å². The van der Waals surface area contributed by atoms with Gasteiger partial charge in [0.25, 0.3) is 0 Å². The molecular weight excluding hydrogens is 291 g/mol. The van der Waals surface area contributed by atoms with Crippen molar-refractivity contribution in [3.05, 3.63) is 12.2 Å². The molecule has 0 aromatic carbocycles. The number of rotatable bonds is 3. The van der Waals surface area contributed by atoms with Crippen LogP contribution in [0.1, 0.15) is 26.7 Å². The maximum absolute atomic E-state index is 10.4. The second kappa shape index (κ2) is 4.94. The molecule has 0 aromatic heterocycles. The lowest BCUT2D eigenvalue weighted by molar-refractivity contribution is -0.0617. The number of halogens is 1. The molecule has 0 spiro atoms. The zero-order valence-corrected chi connectivity index (χ0v) is 11.1. The monoisotopic (exact) mass is 310 g/mol. The normalized spacial score (nSPS) is 29.3. The molecule has 1 rings (SSSR count). The summed E-state index contributed by atoms with van der Waals surface area (Å²) < 4.78 is 5.51. The first kappa shape index (κ1) is 12.5. The first-order chi connectivity index (χ1) is 6.46. The average Bonchev–Trinajstić information content (AvgIpc) is 2.18. The lowest BCUT2D eigenvalue weighted by Crippen LogP contribution is -2.46. The van der Waals surface area contributed by atoms with Crippen molar-refractivity contribution in [2.75, 3.05) is 13.2 Å². The Morgan fingerprint density at radius 2 is 2.36 bits per heavy atom. The van der Waals surface area contributed by atoms with E-state index in [-0.39, 0.29) is 9.84 Å². The first-order valence-corrected chi connectivity index (χ1v) is 6.30. The molecule has 3 heteroatoms. The Labute approximate surface area is 99.9 Å². The van der Waals surface area contributed by atoms with Crippen molar-refractivity contribution < 1.29 is 9.84 Å². The third kappa shape index (κ3) is 2.70. The van der Waals surface area contributed by atoms with Crippen LogP contribution >= 0.6 is 22.6 Å². The zero-order chi connectivity index (χ0) is 10.8. The molecule has 1 N–H and O–H groups in total. The van der Waals surface area contributed by atoms with E-state index >= 15 is 0 Å². The summed E-state index contributed by atoms with van der Waals surface area (Å²) in [5, 5.41) is 10.4. The minimum absolute atomic E-state index is 0.104. The Morgan fingerprint density at radius 3 is 2.79 bits per heavy atom. The van der Waals surface area contributed by atoms with Crippen LogP contribution in [0.5, 0.6) is 0 Å². The molecule has 0 bridgehead atoms. The number of hydrogen-bond acceptors (Lipinski definition) is 2. The second-order valence-corrected chi connectivity index (χ2v) is 5.59. The van der Waals surface area contributed by atoms with Crippen LogP contribution in [0.25, 0.3) is 0 Å². The zero-order valence-electron chi connectivity index (χ0n) is 8.92. The fourth-order valence-electron chi connectivity index (χ4n) is 1.91. The van der Waals surface area contributed by atoms with Gasteiger partial charge in [0.2, 0.25) is 0 Å². The average molecular weight is 310 g/mol. The molecule has 3 atom stereocenters. The molecule has 0 saturated carbocycles. The third-order valence-corrected chi connectivity index (χ3v) is 5.26. The maximum atomic E-state index is 10.4. The van der Waals surface area contributed by atoms with E-state index in [9.17, 15) is 5.11 Å². The van der Waals surface area contributed by atoms with Gasteiger partial charge in [0.1, 0.15) is 0 Å². The standard InChI is InChI=1S/C11H19IO2/c1-8(2)10(12)11(3,13)9-5-4-6-14-7-9/h9-10,13H,1,4-7H2,2-3H3. The molecule has 1 aliphatic rings. The Hall–Kier alpha value is 0.390. The maximum Gasteiger partial charge on any atom is 0.0824 e. The van der Waals surface area contributed by atoms with Gasteiger partial charge in [0, 0.05) is 12.5 Å². The molecule has 0 radical (unpaired) electrons. The summed E-state index contributed by atoms with van der Waals surface area (Å²) in [6.45, 7) is 9.30. The lowest BCUT2D eigenvalue weighted by Gasteiger charge is -2.39. The van der Waals surface area contributed by atoms with Crippen molar-refractivity contribution in [2.24, 2.45) is 5.92 Å². The van der Waals surface area contributed by atoms with Crippen LogP contribution in [0.3, 0.4) is 0 Å². The van der Waals surface area contributed by atoms with Crippen molar-refractivity contribution in [3.8, 4) is 0 Å². The molecule has 1 fully saturated rings. The molecule has 3 unspecified atom stereocenters. The highest BCUT2D eigenvalue weighted by Crippen LogP contribution is 2.35. The Morgan fingerprint density at radius 1 is 1.71 bits per heavy atom. The van der Waals surface area contributed by atoms with E-state index in [4.69, 9.17) is 4.74 Å². The molecule has 0 amide bonds. The van der Waals surface area contributed by atoms with Crippen LogP contribution in [0.15, 0.2) is 12.2 Å². The summed E-state index contributed by atoms with van der Waals surface area (Å²) in [5.74, 6) is 0.245. The fourth-order valence-corrected chi connectivity index (χ4v) is 2.42. The molecule has 1 heterocycles. The molecule has 2 nitrogen and oxygen atoms in total. The molecule has 82 valence electrons. The summed E-state index contributed by atoms with van der Waals surface area (Å²) in [7, 11) is 0. The first-order valence-electron chi connectivity index (χ1n) is 5.06. The van der Waals surface area contributed by atoms with E-state index in [0.29, 0.717) is 6.61 Å². The lowest BCUT2D eigenvalue weighted by atomic mass is 9.81. The van der Waals surface area contributed by atoms with Crippen molar-refractivity contribution in [1.29, 1.82) is 0 Å². The number of hydrogen-bond donors (Lipinski definition) is 1. The Kier molecular flexibility index (Phi) is 4.40. The van der Waals surface area contributed by atoms with Gasteiger partial charge in [-0.25, -0.2) is 0 Å². The summed E-state index contributed by atoms with van der Waals surface area (Å²) in [5.41, 5.74) is 0.341. The van der Waals surface area contributed by atoms with E-state index in [1.54, 1.807) is 0 Å². The van der Waals surface area contributed by atoms with Gasteiger partial charge in [-0.2, -0.15) is 0 Å². The minimum atomic E-state index is -0.688. The highest BCUT2D eigenvalue weighted by atomic mass is 127. The van der Waals surface area contributed by atoms with E-state index in [2.05, 4.69) is 29.2 Å². The predicted molar refractivity (Wildman–Crippen MR) is 66.8 cm³/mol. The van der Waals surface area contributed by atoms with Gasteiger partial charge in [-0.1, -0.05) is 34.7 Å². The van der Waals surface area contributed by atoms with Gasteiger partial charge in [-0.15, -0.1) is 0 Å². The molecule has 0 aliphatic carbocycles. The van der Waals surface area contributed by atoms with Gasteiger partial charge >= 0.3 is 0 Å². The Balaban J connectivity index is 2.66. The number of aliphatic hydroxyl groups is 1. The highest BCUT2D eigenvalue weighted by Gasteiger charge is 2.39. The summed E-state index contributed by atoms with van der Waals surface area (Å²) >= 11 is 2.27. The smallest absolute Gasteiger partial charge is 0.0824 e. The summed E-state index contributed by atoms with van der Waals surface area (Å²) in [4.78, 5) is 0. The van der Waals surface area contributed by atoms with Crippen molar-refractivity contribution in [1.82, 2.24) is 0 Å². The number of alkyl halides is 1. The Bertz CT molecular complexity index is 207. The van der Waals surface area contributed by atoms with Crippen molar-refractivity contribution in [3.63, 3.8) is 0 Å². The largest absolute Gasteiger partial charge is 0.388 e. The minimum Gasteiger partial charge on any atom is -0.388 e. The number of ether oxygens (including phenoxy) is 1. The fraction of sp³-hybridized carbons (Fsp3) is 0.818. The molecular formula is C11H19IO2. The quantitative estimate of drug-likeness (QED) is 0.493. The molecule has 1 aliphatic heterocycles. The SMILES string of the molecule is C=C(C)C(I)C(C)(O)C1CCCOC1. The summed E-state index contributed by atoms with van der Waals surface area (Å²) in [6, 6.07) is 0. The van der Waals surface area contributed by atoms with Gasteiger partial charge in [0.15, 0.2) is 0 Å². The highest BCUT2D eigenvalue weighted by molar-refractivity contribution is 14.1. The van der Waals surface area contributed by atoms with Gasteiger partial charge in [-0.3, -0.25) is 0 Å². The van der Waals surface area contributed by atoms with Crippen LogP contribution < -0.4 is 0 Å². The van der Waals surface area contributed by atoms with Gasteiger partial charge in [0.05, 0.1) is 16.1 Å². The van der Waals surface area contributed by atoms with Gasteiger partial charge in [-0.05, 0) is 26.7 Å². The van der Waals surface area contributed by atoms with Crippen molar-refractivity contribution >= 4 is 22.6 Å².